The smallest absolute Gasteiger partial charge is 0.347 e. The molecule has 0 amide bonds. The molecule has 5 nitrogen and oxygen atoms in total. The molecule has 0 aromatic heterocycles. The van der Waals surface area contributed by atoms with E-state index < -0.39 is 24.1 Å². The van der Waals surface area contributed by atoms with Crippen LogP contribution in [0.4, 0.5) is 0 Å². The number of ether oxygens (including phenoxy) is 2. The minimum Gasteiger partial charge on any atom is -0.458 e. The molecule has 0 unspecified atom stereocenters. The molecule has 0 bridgehead atoms. The van der Waals surface area contributed by atoms with Gasteiger partial charge < -0.3 is 14.8 Å². The molecule has 130 valence electrons. The lowest BCUT2D eigenvalue weighted by atomic mass is 10.0. The summed E-state index contributed by atoms with van der Waals surface area (Å²) in [7, 11) is 1.70. The van der Waals surface area contributed by atoms with Gasteiger partial charge in [-0.3, -0.25) is 4.79 Å². The van der Waals surface area contributed by atoms with Crippen LogP contribution in [0.25, 0.3) is 0 Å². The maximum absolute atomic E-state index is 12.0. The molecule has 1 aromatic rings. The van der Waals surface area contributed by atoms with Crippen molar-refractivity contribution in [2.45, 2.75) is 45.9 Å². The van der Waals surface area contributed by atoms with Gasteiger partial charge in [-0.2, -0.15) is 0 Å². The van der Waals surface area contributed by atoms with Crippen LogP contribution in [0.15, 0.2) is 30.3 Å². The first-order valence-electron chi connectivity index (χ1n) is 7.52. The summed E-state index contributed by atoms with van der Waals surface area (Å²) in [6.45, 7) is 5.74. The molecule has 0 aliphatic rings. The number of halogens is 1. The van der Waals surface area contributed by atoms with E-state index >= 15 is 0 Å². The van der Waals surface area contributed by atoms with Crippen LogP contribution in [0.2, 0.25) is 0 Å². The summed E-state index contributed by atoms with van der Waals surface area (Å²) in [5.74, 6) is -0.623. The number of hydrogen-bond acceptors (Lipinski definition) is 5. The van der Waals surface area contributed by atoms with E-state index in [-0.39, 0.29) is 19.0 Å². The van der Waals surface area contributed by atoms with Crippen molar-refractivity contribution in [1.82, 2.24) is 5.32 Å². The van der Waals surface area contributed by atoms with Crippen molar-refractivity contribution < 1.29 is 19.1 Å². The molecule has 23 heavy (non-hydrogen) atoms. The van der Waals surface area contributed by atoms with Crippen molar-refractivity contribution in [3.8, 4) is 0 Å². The van der Waals surface area contributed by atoms with Gasteiger partial charge in [0, 0.05) is 0 Å². The molecule has 0 saturated carbocycles. The van der Waals surface area contributed by atoms with Crippen LogP contribution in [0.5, 0.6) is 0 Å². The van der Waals surface area contributed by atoms with Crippen LogP contribution in [0.3, 0.4) is 0 Å². The van der Waals surface area contributed by atoms with Gasteiger partial charge in [-0.25, -0.2) is 4.79 Å². The molecule has 0 heterocycles. The number of esters is 2. The van der Waals surface area contributed by atoms with Crippen molar-refractivity contribution >= 4 is 24.3 Å². The molecular weight excluding hydrogens is 318 g/mol. The van der Waals surface area contributed by atoms with E-state index in [2.05, 4.69) is 5.32 Å². The summed E-state index contributed by atoms with van der Waals surface area (Å²) in [6, 6.07) is 8.95. The molecule has 1 aromatic carbocycles. The Balaban J connectivity index is 0.00000484. The summed E-state index contributed by atoms with van der Waals surface area (Å²) in [5.41, 5.74) is 0.891. The van der Waals surface area contributed by atoms with E-state index in [1.165, 1.54) is 6.92 Å². The molecule has 1 N–H and O–H groups in total. The molecule has 0 fully saturated rings. The summed E-state index contributed by atoms with van der Waals surface area (Å²) < 4.78 is 10.3. The van der Waals surface area contributed by atoms with Crippen molar-refractivity contribution in [1.29, 1.82) is 0 Å². The van der Waals surface area contributed by atoms with Gasteiger partial charge in [-0.1, -0.05) is 44.2 Å². The number of likely N-dealkylation sites (N-methyl/N-ethyl adjacent to an activating group) is 1. The minimum absolute atomic E-state index is 0. The quantitative estimate of drug-likeness (QED) is 0.735. The third-order valence-corrected chi connectivity index (χ3v) is 3.19. The molecule has 0 aliphatic carbocycles. The highest BCUT2D eigenvalue weighted by Gasteiger charge is 2.25. The van der Waals surface area contributed by atoms with Gasteiger partial charge in [-0.15, -0.1) is 12.4 Å². The normalized spacial score (nSPS) is 12.9. The van der Waals surface area contributed by atoms with E-state index in [1.807, 2.05) is 44.2 Å². The largest absolute Gasteiger partial charge is 0.458 e. The van der Waals surface area contributed by atoms with Crippen LogP contribution in [0, 0.1) is 5.92 Å². The van der Waals surface area contributed by atoms with E-state index in [0.29, 0.717) is 12.3 Å². The fourth-order valence-electron chi connectivity index (χ4n) is 1.95. The van der Waals surface area contributed by atoms with Crippen LogP contribution < -0.4 is 5.32 Å². The van der Waals surface area contributed by atoms with Gasteiger partial charge in [-0.05, 0) is 31.9 Å². The average Bonchev–Trinajstić information content (AvgIpc) is 2.50. The summed E-state index contributed by atoms with van der Waals surface area (Å²) in [6.07, 6.45) is -0.263. The molecule has 0 saturated heterocycles. The maximum Gasteiger partial charge on any atom is 0.347 e. The molecule has 0 aliphatic heterocycles. The number of carbonyl (C=O) groups excluding carboxylic acids is 2. The number of rotatable bonds is 8. The zero-order valence-corrected chi connectivity index (χ0v) is 14.9. The van der Waals surface area contributed by atoms with E-state index in [9.17, 15) is 9.59 Å². The van der Waals surface area contributed by atoms with Gasteiger partial charge in [0.05, 0.1) is 0 Å². The highest BCUT2D eigenvalue weighted by molar-refractivity contribution is 5.85. The lowest BCUT2D eigenvalue weighted by Crippen LogP contribution is -2.39. The predicted molar refractivity (Wildman–Crippen MR) is 91.3 cm³/mol. The second-order valence-electron chi connectivity index (χ2n) is 5.64. The van der Waals surface area contributed by atoms with E-state index in [1.54, 1.807) is 7.05 Å². The molecule has 2 atom stereocenters. The summed E-state index contributed by atoms with van der Waals surface area (Å²) in [5, 5.41) is 2.91. The van der Waals surface area contributed by atoms with Gasteiger partial charge in [0.2, 0.25) is 0 Å². The number of carbonyl (C=O) groups is 2. The maximum atomic E-state index is 12.0. The third-order valence-electron chi connectivity index (χ3n) is 3.19. The SMILES string of the molecule is CN[C@@H](CC(C)C)C(=O)O[C@H](C)C(=O)OCc1ccccc1.Cl. The lowest BCUT2D eigenvalue weighted by Gasteiger charge is -2.19. The first kappa shape index (κ1) is 21.4. The van der Waals surface area contributed by atoms with Crippen molar-refractivity contribution in [2.24, 2.45) is 5.92 Å². The Morgan fingerprint density at radius 1 is 1.09 bits per heavy atom. The highest BCUT2D eigenvalue weighted by Crippen LogP contribution is 2.09. The average molecular weight is 344 g/mol. The fourth-order valence-corrected chi connectivity index (χ4v) is 1.95. The molecular formula is C17H26ClNO4. The van der Waals surface area contributed by atoms with Crippen molar-refractivity contribution in [3.63, 3.8) is 0 Å². The van der Waals surface area contributed by atoms with Crippen molar-refractivity contribution in [3.05, 3.63) is 35.9 Å². The van der Waals surface area contributed by atoms with E-state index in [4.69, 9.17) is 9.47 Å². The van der Waals surface area contributed by atoms with Crippen molar-refractivity contribution in [2.75, 3.05) is 7.05 Å². The summed E-state index contributed by atoms with van der Waals surface area (Å²) >= 11 is 0. The van der Waals surface area contributed by atoms with Gasteiger partial charge in [0.1, 0.15) is 12.6 Å². The number of nitrogens with one attached hydrogen (secondary N) is 1. The number of benzene rings is 1. The Hall–Kier alpha value is -1.59. The Labute approximate surface area is 144 Å². The van der Waals surface area contributed by atoms with Gasteiger partial charge in [0.15, 0.2) is 6.10 Å². The van der Waals surface area contributed by atoms with Gasteiger partial charge in [0.25, 0.3) is 0 Å². The van der Waals surface area contributed by atoms with Crippen LogP contribution in [0.1, 0.15) is 32.8 Å². The summed E-state index contributed by atoms with van der Waals surface area (Å²) in [4.78, 5) is 23.9. The molecule has 6 heteroatoms. The highest BCUT2D eigenvalue weighted by atomic mass is 35.5. The Morgan fingerprint density at radius 3 is 2.22 bits per heavy atom. The first-order valence-corrected chi connectivity index (χ1v) is 7.52. The fraction of sp³-hybridized carbons (Fsp3) is 0.529. The predicted octanol–water partition coefficient (Wildman–Crippen LogP) is 2.72. The lowest BCUT2D eigenvalue weighted by molar-refractivity contribution is -0.168. The number of hydrogen-bond donors (Lipinski definition) is 1. The zero-order chi connectivity index (χ0) is 16.5. The third kappa shape index (κ3) is 8.00. The topological polar surface area (TPSA) is 64.6 Å². The Kier molecular flexibility index (Phi) is 10.3. The van der Waals surface area contributed by atoms with Gasteiger partial charge >= 0.3 is 11.9 Å². The standard InChI is InChI=1S/C17H25NO4.ClH/c1-12(2)10-15(18-4)17(20)22-13(3)16(19)21-11-14-8-6-5-7-9-14;/h5-9,12-13,15,18H,10-11H2,1-4H3;1H/t13-,15+;/m1./s1. The molecule has 1 rings (SSSR count). The van der Waals surface area contributed by atoms with Crippen LogP contribution in [-0.4, -0.2) is 31.1 Å². The van der Waals surface area contributed by atoms with Crippen LogP contribution in [-0.2, 0) is 25.7 Å². The van der Waals surface area contributed by atoms with Crippen LogP contribution >= 0.6 is 12.4 Å². The first-order chi connectivity index (χ1) is 10.4. The monoisotopic (exact) mass is 343 g/mol. The second-order valence-corrected chi connectivity index (χ2v) is 5.64. The van der Waals surface area contributed by atoms with E-state index in [0.717, 1.165) is 5.56 Å². The molecule has 0 spiro atoms. The Bertz CT molecular complexity index is 479. The zero-order valence-electron chi connectivity index (χ0n) is 14.1. The molecule has 0 radical (unpaired) electrons. The second kappa shape index (κ2) is 11.0. The Morgan fingerprint density at radius 2 is 1.70 bits per heavy atom. The minimum atomic E-state index is -0.917.